The molecule has 0 atom stereocenters. The van der Waals surface area contributed by atoms with Gasteiger partial charge < -0.3 is 15.5 Å². The Bertz CT molecular complexity index is 193. The monoisotopic (exact) mass is 229 g/mol. The molecule has 0 radical (unpaired) electrons. The molecule has 0 unspecified atom stereocenters. The summed E-state index contributed by atoms with van der Waals surface area (Å²) >= 11 is 0. The largest absolute Gasteiger partial charge is 0.396 e. The van der Waals surface area contributed by atoms with Gasteiger partial charge in [-0.1, -0.05) is 19.3 Å². The molecule has 3 heteroatoms. The van der Waals surface area contributed by atoms with E-state index in [-0.39, 0.29) is 5.41 Å². The Hall–Kier alpha value is -0.120. The molecule has 1 aliphatic rings. The molecule has 1 aliphatic carbocycles. The number of hydrogen-bond donors (Lipinski definition) is 3. The van der Waals surface area contributed by atoms with Gasteiger partial charge in [0, 0.05) is 18.6 Å². The minimum atomic E-state index is -0.591. The van der Waals surface area contributed by atoms with Gasteiger partial charge in [-0.2, -0.15) is 0 Å². The molecule has 96 valence electrons. The van der Waals surface area contributed by atoms with Gasteiger partial charge in [-0.15, -0.1) is 0 Å². The van der Waals surface area contributed by atoms with Crippen LogP contribution in [0.2, 0.25) is 0 Å². The molecule has 1 fully saturated rings. The lowest BCUT2D eigenvalue weighted by molar-refractivity contribution is 0.0619. The van der Waals surface area contributed by atoms with E-state index in [4.69, 9.17) is 0 Å². The number of aliphatic hydroxyl groups excluding tert-OH is 1. The Kier molecular flexibility index (Phi) is 5.22. The average Bonchev–Trinajstić information content (AvgIpc) is 2.25. The number of rotatable bonds is 6. The maximum Gasteiger partial charge on any atom is 0.0603 e. The minimum absolute atomic E-state index is 0.109. The van der Waals surface area contributed by atoms with Crippen LogP contribution in [0, 0.1) is 5.41 Å². The molecule has 0 spiro atoms. The van der Waals surface area contributed by atoms with E-state index in [1.165, 1.54) is 19.3 Å². The molecule has 1 saturated carbocycles. The molecule has 16 heavy (non-hydrogen) atoms. The zero-order chi connectivity index (χ0) is 12.1. The summed E-state index contributed by atoms with van der Waals surface area (Å²) in [6.07, 6.45) is 6.83. The zero-order valence-electron chi connectivity index (χ0n) is 10.8. The molecule has 3 nitrogen and oxygen atoms in total. The van der Waals surface area contributed by atoms with Gasteiger partial charge in [-0.25, -0.2) is 0 Å². The highest BCUT2D eigenvalue weighted by atomic mass is 16.3. The fourth-order valence-corrected chi connectivity index (χ4v) is 2.44. The highest BCUT2D eigenvalue weighted by molar-refractivity contribution is 4.84. The van der Waals surface area contributed by atoms with E-state index in [2.05, 4.69) is 5.32 Å². The Balaban J connectivity index is 2.23. The van der Waals surface area contributed by atoms with Crippen molar-refractivity contribution < 1.29 is 10.2 Å². The lowest BCUT2D eigenvalue weighted by atomic mass is 9.74. The highest BCUT2D eigenvalue weighted by Crippen LogP contribution is 2.35. The normalized spacial score (nSPS) is 21.0. The number of hydrogen-bond acceptors (Lipinski definition) is 3. The lowest BCUT2D eigenvalue weighted by Gasteiger charge is -2.36. The molecule has 1 rings (SSSR count). The van der Waals surface area contributed by atoms with Gasteiger partial charge in [-0.3, -0.25) is 0 Å². The lowest BCUT2D eigenvalue weighted by Crippen LogP contribution is -2.40. The Morgan fingerprint density at radius 3 is 2.31 bits per heavy atom. The molecular formula is C13H27NO2. The van der Waals surface area contributed by atoms with Crippen molar-refractivity contribution in [2.45, 2.75) is 58.0 Å². The van der Waals surface area contributed by atoms with Crippen molar-refractivity contribution in [1.82, 2.24) is 5.32 Å². The Labute approximate surface area is 99.3 Å². The molecule has 0 aromatic heterocycles. The summed E-state index contributed by atoms with van der Waals surface area (Å²) in [6, 6.07) is 0. The van der Waals surface area contributed by atoms with Crippen LogP contribution in [0.1, 0.15) is 52.4 Å². The second kappa shape index (κ2) is 5.99. The molecule has 0 saturated heterocycles. The maximum atomic E-state index is 9.59. The molecule has 0 heterocycles. The third-order valence-electron chi connectivity index (χ3n) is 3.66. The summed E-state index contributed by atoms with van der Waals surface area (Å²) in [5.41, 5.74) is -0.482. The fraction of sp³-hybridized carbons (Fsp3) is 1.00. The molecule has 0 bridgehead atoms. The fourth-order valence-electron chi connectivity index (χ4n) is 2.44. The quantitative estimate of drug-likeness (QED) is 0.607. The molecule has 0 aromatic rings. The summed E-state index contributed by atoms with van der Waals surface area (Å²) in [7, 11) is 0. The van der Waals surface area contributed by atoms with Gasteiger partial charge in [0.1, 0.15) is 0 Å². The average molecular weight is 229 g/mol. The molecular weight excluding hydrogens is 202 g/mol. The van der Waals surface area contributed by atoms with Crippen LogP contribution < -0.4 is 5.32 Å². The standard InChI is InChI=1S/C13H27NO2/c1-12(2,16)8-9-14-10-13(11-15)6-4-3-5-7-13/h14-16H,3-11H2,1-2H3. The molecule has 0 aromatic carbocycles. The van der Waals surface area contributed by atoms with Crippen molar-refractivity contribution in [3.05, 3.63) is 0 Å². The van der Waals surface area contributed by atoms with Crippen molar-refractivity contribution in [2.75, 3.05) is 19.7 Å². The summed E-state index contributed by atoms with van der Waals surface area (Å²) in [4.78, 5) is 0. The van der Waals surface area contributed by atoms with Crippen LogP contribution >= 0.6 is 0 Å². The first kappa shape index (κ1) is 13.9. The van der Waals surface area contributed by atoms with Crippen LogP contribution in [0.15, 0.2) is 0 Å². The minimum Gasteiger partial charge on any atom is -0.396 e. The van der Waals surface area contributed by atoms with Crippen molar-refractivity contribution in [3.8, 4) is 0 Å². The second-order valence-corrected chi connectivity index (χ2v) is 5.96. The zero-order valence-corrected chi connectivity index (χ0v) is 10.8. The third-order valence-corrected chi connectivity index (χ3v) is 3.66. The second-order valence-electron chi connectivity index (χ2n) is 5.96. The third kappa shape index (κ3) is 4.81. The highest BCUT2D eigenvalue weighted by Gasteiger charge is 2.30. The molecule has 0 amide bonds. The van der Waals surface area contributed by atoms with E-state index in [9.17, 15) is 10.2 Å². The van der Waals surface area contributed by atoms with Crippen LogP contribution in [0.3, 0.4) is 0 Å². The molecule has 3 N–H and O–H groups in total. The van der Waals surface area contributed by atoms with E-state index in [1.807, 2.05) is 13.8 Å². The first-order valence-electron chi connectivity index (χ1n) is 6.51. The summed E-state index contributed by atoms with van der Waals surface area (Å²) in [5, 5.41) is 22.5. The SMILES string of the molecule is CC(C)(O)CCNCC1(CO)CCCCC1. The van der Waals surface area contributed by atoms with E-state index in [0.717, 1.165) is 32.4 Å². The Morgan fingerprint density at radius 2 is 1.81 bits per heavy atom. The van der Waals surface area contributed by atoms with Gasteiger partial charge >= 0.3 is 0 Å². The van der Waals surface area contributed by atoms with Gasteiger partial charge in [-0.05, 0) is 39.7 Å². The van der Waals surface area contributed by atoms with Crippen LogP contribution in [0.4, 0.5) is 0 Å². The predicted octanol–water partition coefficient (Wildman–Crippen LogP) is 1.68. The van der Waals surface area contributed by atoms with Gasteiger partial charge in [0.2, 0.25) is 0 Å². The van der Waals surface area contributed by atoms with E-state index < -0.39 is 5.60 Å². The van der Waals surface area contributed by atoms with Crippen molar-refractivity contribution in [1.29, 1.82) is 0 Å². The van der Waals surface area contributed by atoms with Crippen LogP contribution in [0.5, 0.6) is 0 Å². The summed E-state index contributed by atoms with van der Waals surface area (Å²) < 4.78 is 0. The van der Waals surface area contributed by atoms with Crippen molar-refractivity contribution in [2.24, 2.45) is 5.41 Å². The van der Waals surface area contributed by atoms with Gasteiger partial charge in [0.25, 0.3) is 0 Å². The topological polar surface area (TPSA) is 52.5 Å². The summed E-state index contributed by atoms with van der Waals surface area (Å²) in [6.45, 7) is 5.67. The first-order valence-corrected chi connectivity index (χ1v) is 6.51. The van der Waals surface area contributed by atoms with Crippen LogP contribution in [0.25, 0.3) is 0 Å². The smallest absolute Gasteiger partial charge is 0.0603 e. The van der Waals surface area contributed by atoms with E-state index in [1.54, 1.807) is 0 Å². The predicted molar refractivity (Wildman–Crippen MR) is 66.4 cm³/mol. The van der Waals surface area contributed by atoms with Crippen molar-refractivity contribution in [3.63, 3.8) is 0 Å². The molecule has 0 aliphatic heterocycles. The number of nitrogens with one attached hydrogen (secondary N) is 1. The maximum absolute atomic E-state index is 9.59. The first-order chi connectivity index (χ1) is 7.47. The van der Waals surface area contributed by atoms with Gasteiger partial charge in [0.05, 0.1) is 5.60 Å². The van der Waals surface area contributed by atoms with Crippen LogP contribution in [-0.2, 0) is 0 Å². The Morgan fingerprint density at radius 1 is 1.19 bits per heavy atom. The van der Waals surface area contributed by atoms with Crippen LogP contribution in [-0.4, -0.2) is 35.5 Å². The van der Waals surface area contributed by atoms with E-state index in [0.29, 0.717) is 6.61 Å². The summed E-state index contributed by atoms with van der Waals surface area (Å²) in [5.74, 6) is 0. The van der Waals surface area contributed by atoms with E-state index >= 15 is 0 Å². The number of aliphatic hydroxyl groups is 2. The van der Waals surface area contributed by atoms with Crippen molar-refractivity contribution >= 4 is 0 Å². The van der Waals surface area contributed by atoms with Gasteiger partial charge in [0.15, 0.2) is 0 Å².